The van der Waals surface area contributed by atoms with Gasteiger partial charge in [-0.25, -0.2) is 8.78 Å². The summed E-state index contributed by atoms with van der Waals surface area (Å²) in [5.41, 5.74) is 1.65. The fourth-order valence-corrected chi connectivity index (χ4v) is 4.90. The molecule has 0 N–H and O–H groups in total. The third-order valence-corrected chi connectivity index (χ3v) is 6.65. The fourth-order valence-electron chi connectivity index (χ4n) is 4.90. The van der Waals surface area contributed by atoms with Crippen molar-refractivity contribution in [3.05, 3.63) is 110 Å². The predicted octanol–water partition coefficient (Wildman–Crippen LogP) is 4.03. The average molecular weight is 491 g/mol. The van der Waals surface area contributed by atoms with E-state index < -0.39 is 16.2 Å². The number of nitro groups is 1. The Kier molecular flexibility index (Phi) is 6.19. The minimum atomic E-state index is -0.687. The van der Waals surface area contributed by atoms with Crippen LogP contribution in [0.1, 0.15) is 17.2 Å². The number of hydrogen-bond acceptors (Lipinski definition) is 6. The van der Waals surface area contributed by atoms with Gasteiger partial charge in [0.1, 0.15) is 22.8 Å². The molecule has 2 aromatic carbocycles. The highest BCUT2D eigenvalue weighted by molar-refractivity contribution is 5.93. The molecule has 5 rings (SSSR count). The topological polar surface area (TPSA) is 84.5 Å². The molecule has 3 heterocycles. The highest BCUT2D eigenvalue weighted by Gasteiger charge is 2.33. The van der Waals surface area contributed by atoms with Crippen LogP contribution >= 0.6 is 0 Å². The first-order chi connectivity index (χ1) is 17.3. The summed E-state index contributed by atoms with van der Waals surface area (Å²) in [6, 6.07) is 15.5. The van der Waals surface area contributed by atoms with Crippen LogP contribution in [0.25, 0.3) is 11.0 Å². The molecule has 0 aliphatic carbocycles. The van der Waals surface area contributed by atoms with E-state index in [9.17, 15) is 23.7 Å². The summed E-state index contributed by atoms with van der Waals surface area (Å²) in [5, 5.41) is 11.9. The maximum absolute atomic E-state index is 13.6. The second-order valence-electron chi connectivity index (χ2n) is 8.72. The molecular weight excluding hydrogens is 468 g/mol. The van der Waals surface area contributed by atoms with Crippen LogP contribution in [0.15, 0.2) is 71.7 Å². The molecule has 0 bridgehead atoms. The van der Waals surface area contributed by atoms with Crippen molar-refractivity contribution in [2.45, 2.75) is 6.04 Å². The molecule has 1 saturated heterocycles. The van der Waals surface area contributed by atoms with Crippen molar-refractivity contribution < 1.29 is 13.7 Å². The number of hydrogen-bond donors (Lipinski definition) is 0. The maximum Gasteiger partial charge on any atom is 0.359 e. The van der Waals surface area contributed by atoms with Crippen molar-refractivity contribution in [1.82, 2.24) is 14.5 Å². The number of fused-ring (bicyclic) bond motifs is 1. The molecule has 1 fully saturated rings. The van der Waals surface area contributed by atoms with Gasteiger partial charge < -0.3 is 9.47 Å². The van der Waals surface area contributed by atoms with Crippen molar-refractivity contribution in [3.8, 4) is 0 Å². The zero-order valence-corrected chi connectivity index (χ0v) is 19.5. The summed E-state index contributed by atoms with van der Waals surface area (Å²) in [6.07, 6.45) is 1.55. The van der Waals surface area contributed by atoms with E-state index in [4.69, 9.17) is 0 Å². The van der Waals surface area contributed by atoms with Crippen molar-refractivity contribution in [1.29, 1.82) is 0 Å². The number of halogens is 2. The molecule has 1 aliphatic heterocycles. The normalized spacial score (nSPS) is 14.5. The molecule has 0 atom stereocenters. The van der Waals surface area contributed by atoms with E-state index in [0.29, 0.717) is 37.2 Å². The number of aryl methyl sites for hydroxylation is 1. The SMILES string of the molecule is Cn1c(=O)c([N+](=O)[O-])c(N2CCN(C(c3ccc(F)cc3)c3ccc(F)cc3)CC2)c2ncccc21. The highest BCUT2D eigenvalue weighted by atomic mass is 19.1. The molecule has 36 heavy (non-hydrogen) atoms. The van der Waals surface area contributed by atoms with Gasteiger partial charge in [-0.05, 0) is 47.5 Å². The number of piperazine rings is 1. The molecule has 0 saturated carbocycles. The fraction of sp³-hybridized carbons (Fsp3) is 0.231. The van der Waals surface area contributed by atoms with E-state index in [1.807, 2.05) is 4.90 Å². The van der Waals surface area contributed by atoms with Crippen LogP contribution in [0.4, 0.5) is 20.2 Å². The Morgan fingerprint density at radius 3 is 2.00 bits per heavy atom. The first-order valence-corrected chi connectivity index (χ1v) is 11.5. The van der Waals surface area contributed by atoms with E-state index >= 15 is 0 Å². The number of pyridine rings is 2. The van der Waals surface area contributed by atoms with Crippen molar-refractivity contribution in [2.24, 2.45) is 7.05 Å². The first-order valence-electron chi connectivity index (χ1n) is 11.5. The summed E-state index contributed by atoms with van der Waals surface area (Å²) in [5.74, 6) is -0.697. The van der Waals surface area contributed by atoms with E-state index in [0.717, 1.165) is 11.1 Å². The number of aromatic nitrogens is 2. The van der Waals surface area contributed by atoms with Gasteiger partial charge in [-0.3, -0.25) is 24.8 Å². The zero-order chi connectivity index (χ0) is 25.4. The van der Waals surface area contributed by atoms with Gasteiger partial charge in [-0.2, -0.15) is 0 Å². The third-order valence-electron chi connectivity index (χ3n) is 6.65. The monoisotopic (exact) mass is 491 g/mol. The van der Waals surface area contributed by atoms with Crippen molar-refractivity contribution in [3.63, 3.8) is 0 Å². The molecule has 184 valence electrons. The van der Waals surface area contributed by atoms with Gasteiger partial charge in [0.05, 0.1) is 16.5 Å². The van der Waals surface area contributed by atoms with Crippen LogP contribution in [0, 0.1) is 21.7 Å². The Labute approximate surface area is 205 Å². The van der Waals surface area contributed by atoms with Gasteiger partial charge in [-0.1, -0.05) is 24.3 Å². The van der Waals surface area contributed by atoms with Crippen LogP contribution in [0.3, 0.4) is 0 Å². The van der Waals surface area contributed by atoms with Gasteiger partial charge in [0.25, 0.3) is 0 Å². The van der Waals surface area contributed by atoms with Crippen LogP contribution in [0.2, 0.25) is 0 Å². The Bertz CT molecular complexity index is 1440. The molecule has 8 nitrogen and oxygen atoms in total. The number of benzene rings is 2. The molecule has 0 radical (unpaired) electrons. The van der Waals surface area contributed by atoms with E-state index in [1.54, 1.807) is 42.6 Å². The Hall–Kier alpha value is -4.18. The summed E-state index contributed by atoms with van der Waals surface area (Å²) >= 11 is 0. The minimum Gasteiger partial charge on any atom is -0.361 e. The second kappa shape index (κ2) is 9.46. The third kappa shape index (κ3) is 4.20. The standard InChI is InChI=1S/C26H23F2N5O3/c1-30-21-3-2-12-29-22(21)24(25(26(30)34)33(35)36)32-15-13-31(14-16-32)23(17-4-8-19(27)9-5-17)18-6-10-20(28)11-7-18/h2-12,23H,13-16H2,1H3. The Morgan fingerprint density at radius 1 is 0.917 bits per heavy atom. The van der Waals surface area contributed by atoms with Crippen molar-refractivity contribution >= 4 is 22.4 Å². The smallest absolute Gasteiger partial charge is 0.359 e. The molecule has 0 spiro atoms. The van der Waals surface area contributed by atoms with Gasteiger partial charge in [0.2, 0.25) is 0 Å². The van der Waals surface area contributed by atoms with Gasteiger partial charge in [0, 0.05) is 39.4 Å². The second-order valence-corrected chi connectivity index (χ2v) is 8.72. The molecule has 0 unspecified atom stereocenters. The van der Waals surface area contributed by atoms with Crippen LogP contribution in [-0.2, 0) is 7.05 Å². The zero-order valence-electron chi connectivity index (χ0n) is 19.5. The molecule has 4 aromatic rings. The highest BCUT2D eigenvalue weighted by Crippen LogP contribution is 2.35. The lowest BCUT2D eigenvalue weighted by Crippen LogP contribution is -2.48. The molecule has 10 heteroatoms. The van der Waals surface area contributed by atoms with Crippen LogP contribution in [-0.4, -0.2) is 45.6 Å². The lowest BCUT2D eigenvalue weighted by Gasteiger charge is -2.40. The van der Waals surface area contributed by atoms with E-state index in [1.165, 1.54) is 35.9 Å². The number of anilines is 1. The summed E-state index contributed by atoms with van der Waals surface area (Å²) < 4.78 is 28.5. The largest absolute Gasteiger partial charge is 0.361 e. The lowest BCUT2D eigenvalue weighted by molar-refractivity contribution is -0.385. The first kappa shape index (κ1) is 23.6. The van der Waals surface area contributed by atoms with E-state index in [-0.39, 0.29) is 23.4 Å². The van der Waals surface area contributed by atoms with Gasteiger partial charge >= 0.3 is 11.2 Å². The lowest BCUT2D eigenvalue weighted by atomic mass is 9.96. The summed E-state index contributed by atoms with van der Waals surface area (Å²) in [4.78, 5) is 32.6. The van der Waals surface area contributed by atoms with Crippen LogP contribution < -0.4 is 10.5 Å². The average Bonchev–Trinajstić information content (AvgIpc) is 2.89. The molecular formula is C26H23F2N5O3. The van der Waals surface area contributed by atoms with E-state index in [2.05, 4.69) is 9.88 Å². The summed E-state index contributed by atoms with van der Waals surface area (Å²) in [7, 11) is 1.50. The quantitative estimate of drug-likeness (QED) is 0.310. The Morgan fingerprint density at radius 2 is 1.47 bits per heavy atom. The van der Waals surface area contributed by atoms with Gasteiger partial charge in [-0.15, -0.1) is 0 Å². The predicted molar refractivity (Wildman–Crippen MR) is 132 cm³/mol. The van der Waals surface area contributed by atoms with Crippen molar-refractivity contribution in [2.75, 3.05) is 31.1 Å². The molecule has 2 aromatic heterocycles. The maximum atomic E-state index is 13.6. The van der Waals surface area contributed by atoms with Gasteiger partial charge in [0.15, 0.2) is 0 Å². The Balaban J connectivity index is 1.51. The molecule has 1 aliphatic rings. The number of rotatable bonds is 5. The number of nitrogens with zero attached hydrogens (tertiary/aromatic N) is 5. The van der Waals surface area contributed by atoms with Crippen LogP contribution in [0.5, 0.6) is 0 Å². The minimum absolute atomic E-state index is 0.221. The molecule has 0 amide bonds. The summed E-state index contributed by atoms with van der Waals surface area (Å²) in [6.45, 7) is 1.80.